The molecule has 3 rings (SSSR count). The molecule has 8 heteroatoms. The Bertz CT molecular complexity index is 914. The molecule has 1 heterocycles. The number of carbonyl (C=O) groups is 2. The average molecular weight is 422 g/mol. The van der Waals surface area contributed by atoms with Gasteiger partial charge in [-0.15, -0.1) is 0 Å². The molecule has 27 heavy (non-hydrogen) atoms. The number of hydrogen-bond acceptors (Lipinski definition) is 5. The highest BCUT2D eigenvalue weighted by Crippen LogP contribution is 2.32. The molecule has 2 aromatic carbocycles. The lowest BCUT2D eigenvalue weighted by atomic mass is 10.2. The highest BCUT2D eigenvalue weighted by atomic mass is 35.5. The van der Waals surface area contributed by atoms with E-state index < -0.39 is 0 Å². The van der Waals surface area contributed by atoms with Crippen LogP contribution in [0.2, 0.25) is 10.0 Å². The van der Waals surface area contributed by atoms with Crippen LogP contribution in [0.25, 0.3) is 6.08 Å². The minimum absolute atomic E-state index is 0.0551. The van der Waals surface area contributed by atoms with E-state index in [1.807, 2.05) is 43.3 Å². The molecule has 2 aromatic rings. The number of imide groups is 1. The Kier molecular flexibility index (Phi) is 5.99. The molecule has 1 aliphatic rings. The molecule has 0 aromatic heterocycles. The second kappa shape index (κ2) is 8.25. The number of nitrogens with one attached hydrogen (secondary N) is 1. The zero-order valence-electron chi connectivity index (χ0n) is 14.7. The lowest BCUT2D eigenvalue weighted by molar-refractivity contribution is -0.122. The van der Waals surface area contributed by atoms with Gasteiger partial charge < -0.3 is 10.2 Å². The van der Waals surface area contributed by atoms with Crippen LogP contribution in [-0.4, -0.2) is 36.8 Å². The van der Waals surface area contributed by atoms with Crippen LogP contribution >= 0.6 is 35.0 Å². The van der Waals surface area contributed by atoms with E-state index in [1.165, 1.54) is 0 Å². The summed E-state index contributed by atoms with van der Waals surface area (Å²) in [4.78, 5) is 28.3. The Labute approximate surface area is 171 Å². The van der Waals surface area contributed by atoms with Crippen LogP contribution in [0.15, 0.2) is 47.4 Å². The van der Waals surface area contributed by atoms with E-state index in [0.29, 0.717) is 20.6 Å². The largest absolute Gasteiger partial charge is 0.378 e. The van der Waals surface area contributed by atoms with E-state index in [2.05, 4.69) is 5.32 Å². The molecule has 0 bridgehead atoms. The summed E-state index contributed by atoms with van der Waals surface area (Å²) in [6.07, 6.45) is 1.73. The maximum absolute atomic E-state index is 12.6. The third-order valence-electron chi connectivity index (χ3n) is 3.94. The summed E-state index contributed by atoms with van der Waals surface area (Å²) in [6, 6.07) is 12.8. The van der Waals surface area contributed by atoms with Gasteiger partial charge in [0.1, 0.15) is 0 Å². The zero-order valence-corrected chi connectivity index (χ0v) is 17.0. The Balaban J connectivity index is 1.69. The van der Waals surface area contributed by atoms with Crippen LogP contribution in [-0.2, 0) is 4.79 Å². The van der Waals surface area contributed by atoms with Crippen LogP contribution < -0.4 is 10.2 Å². The first-order chi connectivity index (χ1) is 12.8. The highest BCUT2D eigenvalue weighted by molar-refractivity contribution is 8.18. The van der Waals surface area contributed by atoms with Crippen molar-refractivity contribution in [2.45, 2.75) is 0 Å². The van der Waals surface area contributed by atoms with Crippen molar-refractivity contribution in [2.24, 2.45) is 0 Å². The van der Waals surface area contributed by atoms with Crippen molar-refractivity contribution in [3.63, 3.8) is 0 Å². The number of benzene rings is 2. The number of halogens is 2. The fourth-order valence-electron chi connectivity index (χ4n) is 2.43. The number of thioether (sulfide) groups is 1. The van der Waals surface area contributed by atoms with Crippen LogP contribution in [0.1, 0.15) is 5.56 Å². The molecule has 1 saturated heterocycles. The summed E-state index contributed by atoms with van der Waals surface area (Å²) < 4.78 is 0. The van der Waals surface area contributed by atoms with Gasteiger partial charge in [0.25, 0.3) is 11.1 Å². The predicted octanol–water partition coefficient (Wildman–Crippen LogP) is 5.17. The Morgan fingerprint density at radius 2 is 1.78 bits per heavy atom. The molecule has 1 fully saturated rings. The molecule has 1 aliphatic heterocycles. The molecule has 1 N–H and O–H groups in total. The van der Waals surface area contributed by atoms with E-state index in [4.69, 9.17) is 23.2 Å². The number of rotatable bonds is 5. The summed E-state index contributed by atoms with van der Waals surface area (Å²) >= 11 is 12.8. The molecule has 5 nitrogen and oxygen atoms in total. The maximum Gasteiger partial charge on any atom is 0.295 e. The van der Waals surface area contributed by atoms with E-state index in [-0.39, 0.29) is 17.8 Å². The van der Waals surface area contributed by atoms with E-state index >= 15 is 0 Å². The zero-order chi connectivity index (χ0) is 19.6. The maximum atomic E-state index is 12.6. The summed E-state index contributed by atoms with van der Waals surface area (Å²) in [5.41, 5.74) is 2.60. The lowest BCUT2D eigenvalue weighted by Crippen LogP contribution is -2.33. The van der Waals surface area contributed by atoms with Gasteiger partial charge in [-0.2, -0.15) is 0 Å². The number of anilines is 2. The van der Waals surface area contributed by atoms with Crippen molar-refractivity contribution < 1.29 is 9.59 Å². The van der Waals surface area contributed by atoms with E-state index in [9.17, 15) is 9.59 Å². The topological polar surface area (TPSA) is 52.7 Å². The Hall–Kier alpha value is -2.15. The molecule has 0 aliphatic carbocycles. The highest BCUT2D eigenvalue weighted by Gasteiger charge is 2.34. The molecule has 0 radical (unpaired) electrons. The third kappa shape index (κ3) is 4.58. The van der Waals surface area contributed by atoms with Gasteiger partial charge in [0, 0.05) is 25.5 Å². The average Bonchev–Trinajstić information content (AvgIpc) is 2.90. The van der Waals surface area contributed by atoms with Gasteiger partial charge in [0.05, 0.1) is 21.6 Å². The number of amides is 2. The predicted molar refractivity (Wildman–Crippen MR) is 114 cm³/mol. The molecule has 0 unspecified atom stereocenters. The minimum Gasteiger partial charge on any atom is -0.378 e. The Morgan fingerprint density at radius 1 is 1.07 bits per heavy atom. The van der Waals surface area contributed by atoms with Crippen molar-refractivity contribution in [2.75, 3.05) is 31.0 Å². The first-order valence-electron chi connectivity index (χ1n) is 8.07. The molecule has 2 amide bonds. The standard InChI is InChI=1S/C19H17Cl2N3O2S/c1-23(2)14-6-3-12(4-7-14)9-17-18(25)24(19(26)27-17)11-22-13-5-8-15(20)16(21)10-13/h3-10,22H,11H2,1-2H3. The molecule has 0 spiro atoms. The second-order valence-corrected chi connectivity index (χ2v) is 7.87. The monoisotopic (exact) mass is 421 g/mol. The van der Waals surface area contributed by atoms with Gasteiger partial charge in [-0.3, -0.25) is 14.5 Å². The van der Waals surface area contributed by atoms with Crippen LogP contribution in [0.3, 0.4) is 0 Å². The van der Waals surface area contributed by atoms with Crippen LogP contribution in [0, 0.1) is 0 Å². The SMILES string of the molecule is CN(C)c1ccc(C=C2SC(=O)N(CNc3ccc(Cl)c(Cl)c3)C2=O)cc1. The number of nitrogens with zero attached hydrogens (tertiary/aromatic N) is 2. The molecule has 0 saturated carbocycles. The summed E-state index contributed by atoms with van der Waals surface area (Å²) in [5, 5.41) is 3.54. The third-order valence-corrected chi connectivity index (χ3v) is 5.59. The van der Waals surface area contributed by atoms with Crippen molar-refractivity contribution >= 4 is 63.6 Å². The smallest absolute Gasteiger partial charge is 0.295 e. The van der Waals surface area contributed by atoms with Gasteiger partial charge >= 0.3 is 0 Å². The van der Waals surface area contributed by atoms with E-state index in [1.54, 1.807) is 24.3 Å². The number of hydrogen-bond donors (Lipinski definition) is 1. The second-order valence-electron chi connectivity index (χ2n) is 6.06. The van der Waals surface area contributed by atoms with Gasteiger partial charge in [-0.1, -0.05) is 35.3 Å². The summed E-state index contributed by atoms with van der Waals surface area (Å²) in [6.45, 7) is 0.0551. The lowest BCUT2D eigenvalue weighted by Gasteiger charge is -2.14. The molecular formula is C19H17Cl2N3O2S. The van der Waals surface area contributed by atoms with E-state index in [0.717, 1.165) is 27.9 Å². The Morgan fingerprint density at radius 3 is 2.41 bits per heavy atom. The first kappa shape index (κ1) is 19.6. The summed E-state index contributed by atoms with van der Waals surface area (Å²) in [5.74, 6) is -0.325. The first-order valence-corrected chi connectivity index (χ1v) is 9.64. The normalized spacial score (nSPS) is 15.6. The molecule has 0 atom stereocenters. The van der Waals surface area contributed by atoms with Crippen molar-refractivity contribution in [1.82, 2.24) is 4.90 Å². The fraction of sp³-hybridized carbons (Fsp3) is 0.158. The van der Waals surface area contributed by atoms with Gasteiger partial charge in [0.15, 0.2) is 0 Å². The minimum atomic E-state index is -0.325. The van der Waals surface area contributed by atoms with Crippen molar-refractivity contribution in [3.05, 3.63) is 63.0 Å². The quantitative estimate of drug-likeness (QED) is 0.675. The van der Waals surface area contributed by atoms with Gasteiger partial charge in [-0.25, -0.2) is 0 Å². The van der Waals surface area contributed by atoms with Gasteiger partial charge in [0.2, 0.25) is 0 Å². The molecular weight excluding hydrogens is 405 g/mol. The molecule has 140 valence electrons. The van der Waals surface area contributed by atoms with Crippen molar-refractivity contribution in [1.29, 1.82) is 0 Å². The van der Waals surface area contributed by atoms with Crippen LogP contribution in [0.4, 0.5) is 16.2 Å². The fourth-order valence-corrected chi connectivity index (χ4v) is 3.57. The van der Waals surface area contributed by atoms with Crippen LogP contribution in [0.5, 0.6) is 0 Å². The summed E-state index contributed by atoms with van der Waals surface area (Å²) in [7, 11) is 3.92. The number of carbonyl (C=O) groups excluding carboxylic acids is 2. The van der Waals surface area contributed by atoms with Crippen molar-refractivity contribution in [3.8, 4) is 0 Å². The van der Waals surface area contributed by atoms with Gasteiger partial charge in [-0.05, 0) is 53.7 Å².